The van der Waals surface area contributed by atoms with Crippen molar-refractivity contribution in [2.45, 2.75) is 24.5 Å². The number of methoxy groups -OCH3 is 1. The van der Waals surface area contributed by atoms with Crippen molar-refractivity contribution in [3.05, 3.63) is 22.9 Å². The highest BCUT2D eigenvalue weighted by Gasteiger charge is 2.42. The largest absolute Gasteiger partial charge is 0.469 e. The minimum Gasteiger partial charge on any atom is -0.469 e. The first-order valence-corrected chi connectivity index (χ1v) is 8.48. The van der Waals surface area contributed by atoms with Crippen LogP contribution in [-0.4, -0.2) is 31.7 Å². The number of ether oxygens (including phenoxy) is 1. The number of sulfonamides is 1. The molecular formula is C12H15BrN2O4S. The summed E-state index contributed by atoms with van der Waals surface area (Å²) in [6.45, 7) is 0. The summed E-state index contributed by atoms with van der Waals surface area (Å²) in [4.78, 5) is 15.5. The number of carbonyl (C=O) groups is 1. The quantitative estimate of drug-likeness (QED) is 0.827. The number of nitrogens with zero attached hydrogens (tertiary/aromatic N) is 1. The Morgan fingerprint density at radius 3 is 2.90 bits per heavy atom. The van der Waals surface area contributed by atoms with E-state index in [2.05, 4.69) is 30.4 Å². The smallest absolute Gasteiger partial charge is 0.310 e. The van der Waals surface area contributed by atoms with Crippen LogP contribution in [-0.2, 0) is 19.6 Å². The van der Waals surface area contributed by atoms with Crippen LogP contribution in [0.1, 0.15) is 19.3 Å². The molecule has 110 valence electrons. The number of hydrogen-bond acceptors (Lipinski definition) is 5. The van der Waals surface area contributed by atoms with Gasteiger partial charge >= 0.3 is 5.97 Å². The molecule has 0 radical (unpaired) electrons. The standard InChI is InChI=1S/C12H15BrN2O4S/c1-19-12(16)8-3-2-4-11(8)20(17,18)15-10-5-6-14-7-9(10)13/h5-8,11H,2-4H2,1H3,(H,14,15). The fourth-order valence-electron chi connectivity index (χ4n) is 2.41. The molecule has 20 heavy (non-hydrogen) atoms. The van der Waals surface area contributed by atoms with Crippen LogP contribution in [0, 0.1) is 5.92 Å². The van der Waals surface area contributed by atoms with Crippen molar-refractivity contribution < 1.29 is 17.9 Å². The van der Waals surface area contributed by atoms with Gasteiger partial charge in [-0.2, -0.15) is 0 Å². The van der Waals surface area contributed by atoms with Crippen molar-refractivity contribution in [3.63, 3.8) is 0 Å². The van der Waals surface area contributed by atoms with E-state index in [1.165, 1.54) is 19.5 Å². The summed E-state index contributed by atoms with van der Waals surface area (Å²) in [6, 6.07) is 1.56. The van der Waals surface area contributed by atoms with E-state index in [1.807, 2.05) is 0 Å². The van der Waals surface area contributed by atoms with Gasteiger partial charge in [0.25, 0.3) is 0 Å². The van der Waals surface area contributed by atoms with Crippen molar-refractivity contribution >= 4 is 37.6 Å². The molecule has 1 saturated carbocycles. The van der Waals surface area contributed by atoms with Crippen LogP contribution in [0.5, 0.6) is 0 Å². The molecule has 1 heterocycles. The first-order valence-electron chi connectivity index (χ1n) is 6.14. The molecule has 0 bridgehead atoms. The summed E-state index contributed by atoms with van der Waals surface area (Å²) in [6.07, 6.45) is 4.69. The first kappa shape index (κ1) is 15.2. The van der Waals surface area contributed by atoms with Crippen molar-refractivity contribution in [1.82, 2.24) is 4.98 Å². The van der Waals surface area contributed by atoms with E-state index in [9.17, 15) is 13.2 Å². The molecule has 2 atom stereocenters. The van der Waals surface area contributed by atoms with Crippen LogP contribution in [0.25, 0.3) is 0 Å². The fourth-order valence-corrected chi connectivity index (χ4v) is 4.68. The number of carbonyl (C=O) groups excluding carboxylic acids is 1. The predicted molar refractivity (Wildman–Crippen MR) is 77.6 cm³/mol. The van der Waals surface area contributed by atoms with Gasteiger partial charge in [0.1, 0.15) is 0 Å². The van der Waals surface area contributed by atoms with E-state index in [-0.39, 0.29) is 0 Å². The van der Waals surface area contributed by atoms with Gasteiger partial charge in [0.2, 0.25) is 10.0 Å². The molecule has 1 aliphatic rings. The summed E-state index contributed by atoms with van der Waals surface area (Å²) in [5.41, 5.74) is 0.413. The third-order valence-corrected chi connectivity index (χ3v) is 5.88. The van der Waals surface area contributed by atoms with Gasteiger partial charge in [0.15, 0.2) is 0 Å². The zero-order valence-electron chi connectivity index (χ0n) is 10.9. The third kappa shape index (κ3) is 3.12. The molecule has 1 aliphatic carbocycles. The Morgan fingerprint density at radius 2 is 2.25 bits per heavy atom. The highest BCUT2D eigenvalue weighted by atomic mass is 79.9. The molecule has 1 aromatic heterocycles. The van der Waals surface area contributed by atoms with Gasteiger partial charge in [-0.25, -0.2) is 8.42 Å². The molecule has 6 nitrogen and oxygen atoms in total. The van der Waals surface area contributed by atoms with Crippen molar-refractivity contribution in [2.24, 2.45) is 5.92 Å². The van der Waals surface area contributed by atoms with Gasteiger partial charge in [-0.15, -0.1) is 0 Å². The molecule has 0 saturated heterocycles. The molecule has 2 rings (SSSR count). The van der Waals surface area contributed by atoms with Gasteiger partial charge in [-0.05, 0) is 34.8 Å². The number of pyridine rings is 1. The van der Waals surface area contributed by atoms with Crippen LogP contribution in [0.2, 0.25) is 0 Å². The van der Waals surface area contributed by atoms with E-state index >= 15 is 0 Å². The maximum Gasteiger partial charge on any atom is 0.310 e. The highest BCUT2D eigenvalue weighted by Crippen LogP contribution is 2.33. The highest BCUT2D eigenvalue weighted by molar-refractivity contribution is 9.10. The minimum atomic E-state index is -3.65. The second-order valence-electron chi connectivity index (χ2n) is 4.60. The molecule has 0 aliphatic heterocycles. The van der Waals surface area contributed by atoms with Gasteiger partial charge in [-0.1, -0.05) is 6.42 Å². The van der Waals surface area contributed by atoms with E-state index in [1.54, 1.807) is 6.07 Å². The maximum absolute atomic E-state index is 12.4. The predicted octanol–water partition coefficient (Wildman–Crippen LogP) is 1.93. The van der Waals surface area contributed by atoms with E-state index < -0.39 is 27.2 Å². The molecule has 2 unspecified atom stereocenters. The second kappa shape index (κ2) is 6.09. The summed E-state index contributed by atoms with van der Waals surface area (Å²) >= 11 is 3.23. The summed E-state index contributed by atoms with van der Waals surface area (Å²) < 4.78 is 32.6. The Balaban J connectivity index is 2.22. The topological polar surface area (TPSA) is 85.4 Å². The van der Waals surface area contributed by atoms with Crippen LogP contribution < -0.4 is 4.72 Å². The molecule has 0 aromatic carbocycles. The minimum absolute atomic E-state index is 0.413. The number of halogens is 1. The van der Waals surface area contributed by atoms with Gasteiger partial charge in [0, 0.05) is 12.4 Å². The normalized spacial score (nSPS) is 22.5. The van der Waals surface area contributed by atoms with Gasteiger partial charge in [0.05, 0.1) is 28.4 Å². The molecule has 8 heteroatoms. The monoisotopic (exact) mass is 362 g/mol. The van der Waals surface area contributed by atoms with Gasteiger partial charge in [-0.3, -0.25) is 14.5 Å². The van der Waals surface area contributed by atoms with Gasteiger partial charge < -0.3 is 4.74 Å². The SMILES string of the molecule is COC(=O)C1CCCC1S(=O)(=O)Nc1ccncc1Br. The summed E-state index contributed by atoms with van der Waals surface area (Å²) in [7, 11) is -2.37. The Kier molecular flexibility index (Phi) is 4.64. The molecule has 0 spiro atoms. The maximum atomic E-state index is 12.4. The summed E-state index contributed by atoms with van der Waals surface area (Å²) in [5.74, 6) is -1.07. The zero-order valence-corrected chi connectivity index (χ0v) is 13.3. The number of esters is 1. The number of aromatic nitrogens is 1. The molecular weight excluding hydrogens is 348 g/mol. The molecule has 1 N–H and O–H groups in total. The first-order chi connectivity index (χ1) is 9.45. The van der Waals surface area contributed by atoms with Crippen LogP contribution >= 0.6 is 15.9 Å². The Bertz CT molecular complexity index is 605. The average molecular weight is 363 g/mol. The van der Waals surface area contributed by atoms with Crippen LogP contribution in [0.15, 0.2) is 22.9 Å². The Labute approximate surface area is 126 Å². The van der Waals surface area contributed by atoms with E-state index in [0.29, 0.717) is 29.4 Å². The number of hydrogen-bond donors (Lipinski definition) is 1. The lowest BCUT2D eigenvalue weighted by molar-refractivity contribution is -0.145. The third-order valence-electron chi connectivity index (χ3n) is 3.38. The lowest BCUT2D eigenvalue weighted by atomic mass is 10.1. The molecule has 0 amide bonds. The Hall–Kier alpha value is -1.15. The molecule has 1 fully saturated rings. The van der Waals surface area contributed by atoms with Crippen LogP contribution in [0.3, 0.4) is 0 Å². The number of rotatable bonds is 4. The number of nitrogens with one attached hydrogen (secondary N) is 1. The second-order valence-corrected chi connectivity index (χ2v) is 7.36. The van der Waals surface area contributed by atoms with E-state index in [4.69, 9.17) is 0 Å². The van der Waals surface area contributed by atoms with E-state index in [0.717, 1.165) is 0 Å². The average Bonchev–Trinajstić information content (AvgIpc) is 2.90. The van der Waals surface area contributed by atoms with Crippen molar-refractivity contribution in [3.8, 4) is 0 Å². The lowest BCUT2D eigenvalue weighted by Crippen LogP contribution is -2.35. The van der Waals surface area contributed by atoms with Crippen molar-refractivity contribution in [2.75, 3.05) is 11.8 Å². The fraction of sp³-hybridized carbons (Fsp3) is 0.500. The molecule has 1 aromatic rings. The van der Waals surface area contributed by atoms with Crippen LogP contribution in [0.4, 0.5) is 5.69 Å². The summed E-state index contributed by atoms with van der Waals surface area (Å²) in [5, 5.41) is -0.755. The number of anilines is 1. The Morgan fingerprint density at radius 1 is 1.50 bits per heavy atom. The zero-order chi connectivity index (χ0) is 14.8. The lowest BCUT2D eigenvalue weighted by Gasteiger charge is -2.19. The van der Waals surface area contributed by atoms with Crippen molar-refractivity contribution in [1.29, 1.82) is 0 Å².